The number of thiophene rings is 1. The Labute approximate surface area is 187 Å². The van der Waals surface area contributed by atoms with Gasteiger partial charge in [0.15, 0.2) is 21.1 Å². The van der Waals surface area contributed by atoms with Gasteiger partial charge < -0.3 is 19.4 Å². The summed E-state index contributed by atoms with van der Waals surface area (Å²) in [4.78, 5) is 4.65. The van der Waals surface area contributed by atoms with E-state index in [1.165, 1.54) is 5.38 Å². The van der Waals surface area contributed by atoms with Gasteiger partial charge in [0, 0.05) is 16.3 Å². The number of sulfonamides is 1. The number of nitrogens with one attached hydrogen (secondary N) is 3. The number of aromatic hydroxyl groups is 1. The number of aromatic amines is 1. The van der Waals surface area contributed by atoms with Crippen molar-refractivity contribution in [2.24, 2.45) is 10.9 Å². The van der Waals surface area contributed by atoms with Crippen molar-refractivity contribution in [3.05, 3.63) is 34.5 Å². The Balaban J connectivity index is 1.98. The second-order valence-corrected chi connectivity index (χ2v) is 10.8. The molecule has 0 spiro atoms. The first-order valence-corrected chi connectivity index (χ1v) is 13.1. The maximum Gasteiger partial charge on any atom is 0.253 e. The largest absolute Gasteiger partial charge is 0.548 e. The molecule has 0 amide bonds. The zero-order valence-electron chi connectivity index (χ0n) is 17.5. The van der Waals surface area contributed by atoms with Gasteiger partial charge in [-0.2, -0.15) is 0 Å². The Morgan fingerprint density at radius 2 is 2.16 bits per heavy atom. The van der Waals surface area contributed by atoms with Gasteiger partial charge in [0.1, 0.15) is 11.8 Å². The fourth-order valence-electron chi connectivity index (χ4n) is 2.86. The van der Waals surface area contributed by atoms with Crippen LogP contribution in [0.25, 0.3) is 0 Å². The molecule has 0 bridgehead atoms. The number of anilines is 2. The van der Waals surface area contributed by atoms with Crippen LogP contribution in [0.3, 0.4) is 0 Å². The molecule has 3 aromatic heterocycles. The maximum atomic E-state index is 12.2. The van der Waals surface area contributed by atoms with Crippen LogP contribution in [0.15, 0.2) is 31.3 Å². The van der Waals surface area contributed by atoms with Crippen LogP contribution >= 0.6 is 22.5 Å². The van der Waals surface area contributed by atoms with E-state index in [1.807, 2.05) is 26.8 Å². The zero-order valence-corrected chi connectivity index (χ0v) is 19.9. The zero-order chi connectivity index (χ0) is 22.8. The lowest BCUT2D eigenvalue weighted by molar-refractivity contribution is 0.398. The van der Waals surface area contributed by atoms with Crippen LogP contribution in [0.2, 0.25) is 0 Å². The molecule has 4 N–H and O–H groups in total. The van der Waals surface area contributed by atoms with Crippen molar-refractivity contribution in [3.63, 3.8) is 0 Å². The molecular weight excluding hydrogens is 462 g/mol. The van der Waals surface area contributed by atoms with Crippen molar-refractivity contribution in [1.82, 2.24) is 13.5 Å². The third-order valence-corrected chi connectivity index (χ3v) is 8.19. The van der Waals surface area contributed by atoms with Crippen molar-refractivity contribution in [1.29, 1.82) is 0 Å². The molecule has 0 fully saturated rings. The van der Waals surface area contributed by atoms with Gasteiger partial charge in [-0.1, -0.05) is 27.7 Å². The summed E-state index contributed by atoms with van der Waals surface area (Å²) in [5.74, 6) is 0.443. The van der Waals surface area contributed by atoms with Gasteiger partial charge in [0.2, 0.25) is 11.3 Å². The number of hydrogen-bond acceptors (Lipinski definition) is 9. The number of furan rings is 1. The molecule has 3 heterocycles. The molecule has 0 radical (unpaired) electrons. The van der Waals surface area contributed by atoms with Gasteiger partial charge in [0.05, 0.1) is 12.0 Å². The van der Waals surface area contributed by atoms with Crippen LogP contribution in [-0.4, -0.2) is 33.4 Å². The summed E-state index contributed by atoms with van der Waals surface area (Å²) in [6.07, 6.45) is 2.52. The fourth-order valence-corrected chi connectivity index (χ4v) is 5.84. The highest BCUT2D eigenvalue weighted by atomic mass is 32.2. The third kappa shape index (κ3) is 5.18. The van der Waals surface area contributed by atoms with Crippen molar-refractivity contribution in [2.75, 3.05) is 11.9 Å². The van der Waals surface area contributed by atoms with Gasteiger partial charge in [-0.15, -0.1) is 15.7 Å². The van der Waals surface area contributed by atoms with E-state index in [-0.39, 0.29) is 39.7 Å². The van der Waals surface area contributed by atoms with Crippen LogP contribution in [0.4, 0.5) is 11.5 Å². The number of H-pyrrole nitrogens is 1. The fraction of sp³-hybridized carbons (Fsp3) is 0.444. The number of aryl methyl sites for hydroxylation is 1. The third-order valence-electron chi connectivity index (χ3n) is 4.42. The number of nitrogens with zero attached hydrogens (tertiary/aromatic N) is 2. The minimum atomic E-state index is -3.82. The van der Waals surface area contributed by atoms with Crippen LogP contribution in [0.1, 0.15) is 45.1 Å². The summed E-state index contributed by atoms with van der Waals surface area (Å²) in [6.45, 7) is 7.84. The highest BCUT2D eigenvalue weighted by Gasteiger charge is 2.25. The first kappa shape index (κ1) is 23.5. The van der Waals surface area contributed by atoms with Crippen LogP contribution in [0, 0.1) is 5.92 Å². The molecule has 0 aliphatic carbocycles. The van der Waals surface area contributed by atoms with E-state index < -0.39 is 26.9 Å². The van der Waals surface area contributed by atoms with E-state index in [1.54, 1.807) is 13.2 Å². The Morgan fingerprint density at radius 3 is 2.77 bits per heavy atom. The standard InChI is InChI=1S/C18H25N5O5S3/c1-5-11-7-13(28-8-11)14(10(3)4)21-17-16(22-30(25)23-17)20-12-9-29-18(15(12)24)31(26,27)19-6-2/h7-10,14,19,24H,5-6H2,1-4H3,(H,20,22)(H,21,23)/t14-,30?/m1/s1. The molecule has 13 heteroatoms. The molecule has 0 aromatic carbocycles. The van der Waals surface area contributed by atoms with Gasteiger partial charge in [-0.25, -0.2) is 18.1 Å². The first-order chi connectivity index (χ1) is 14.7. The molecule has 0 saturated heterocycles. The van der Waals surface area contributed by atoms with E-state index in [0.717, 1.165) is 23.3 Å². The van der Waals surface area contributed by atoms with E-state index in [9.17, 15) is 18.1 Å². The molecular formula is C18H25N5O5S3. The Hall–Kier alpha value is -2.19. The minimum Gasteiger partial charge on any atom is -0.548 e. The highest BCUT2D eigenvalue weighted by molar-refractivity contribution is 7.91. The predicted octanol–water partition coefficient (Wildman–Crippen LogP) is 3.40. The average Bonchev–Trinajstić information content (AvgIpc) is 3.39. The molecule has 170 valence electrons. The SMILES string of the molecule is CCNS(=O)(=O)c1scc(Nc2n[s+]([O-])[nH]c2=N[C@@H](c2cc(CC)co2)C(C)C)c1O. The molecule has 3 aromatic rings. The molecule has 10 nitrogen and oxygen atoms in total. The Bertz CT molecular complexity index is 1210. The quantitative estimate of drug-likeness (QED) is 0.337. The van der Waals surface area contributed by atoms with Crippen molar-refractivity contribution >= 4 is 44.0 Å². The molecule has 0 saturated carbocycles. The molecule has 2 atom stereocenters. The summed E-state index contributed by atoms with van der Waals surface area (Å²) in [5, 5.41) is 14.7. The molecule has 0 aliphatic rings. The first-order valence-electron chi connectivity index (χ1n) is 9.66. The molecule has 3 rings (SSSR count). The second-order valence-electron chi connectivity index (χ2n) is 7.08. The minimum absolute atomic E-state index is 0.0758. The highest BCUT2D eigenvalue weighted by Crippen LogP contribution is 2.38. The molecule has 0 aliphatic heterocycles. The summed E-state index contributed by atoms with van der Waals surface area (Å²) in [7, 11) is -3.82. The van der Waals surface area contributed by atoms with Crippen LogP contribution in [-0.2, 0) is 16.4 Å². The predicted molar refractivity (Wildman–Crippen MR) is 119 cm³/mol. The number of hydrogen-bond donors (Lipinski definition) is 4. The van der Waals surface area contributed by atoms with E-state index >= 15 is 0 Å². The maximum absolute atomic E-state index is 12.2. The van der Waals surface area contributed by atoms with Gasteiger partial charge in [0.25, 0.3) is 10.0 Å². The second kappa shape index (κ2) is 9.53. The van der Waals surface area contributed by atoms with Crippen molar-refractivity contribution < 1.29 is 22.5 Å². The van der Waals surface area contributed by atoms with E-state index in [2.05, 4.69) is 23.8 Å². The molecule has 31 heavy (non-hydrogen) atoms. The van der Waals surface area contributed by atoms with E-state index in [0.29, 0.717) is 5.76 Å². The normalized spacial score (nSPS) is 14.4. The van der Waals surface area contributed by atoms with Crippen molar-refractivity contribution in [2.45, 2.75) is 44.4 Å². The Kier molecular flexibility index (Phi) is 7.21. The topological polar surface area (TPSA) is 156 Å². The van der Waals surface area contributed by atoms with Gasteiger partial charge in [-0.3, -0.25) is 0 Å². The number of rotatable bonds is 9. The average molecular weight is 488 g/mol. The van der Waals surface area contributed by atoms with E-state index in [4.69, 9.17) is 4.42 Å². The van der Waals surface area contributed by atoms with Crippen molar-refractivity contribution in [3.8, 4) is 5.75 Å². The Morgan fingerprint density at radius 1 is 1.42 bits per heavy atom. The van der Waals surface area contributed by atoms with Gasteiger partial charge >= 0.3 is 0 Å². The summed E-state index contributed by atoms with van der Waals surface area (Å²) < 4.78 is 50.9. The summed E-state index contributed by atoms with van der Waals surface area (Å²) >= 11 is -0.894. The van der Waals surface area contributed by atoms with Gasteiger partial charge in [-0.05, 0) is 24.0 Å². The van der Waals surface area contributed by atoms with Crippen LogP contribution < -0.4 is 15.5 Å². The number of aromatic nitrogens is 2. The molecule has 1 unspecified atom stereocenters. The summed E-state index contributed by atoms with van der Waals surface area (Å²) in [5.41, 5.74) is 1.41. The lowest BCUT2D eigenvalue weighted by Gasteiger charge is -2.12. The van der Waals surface area contributed by atoms with Crippen LogP contribution in [0.5, 0.6) is 5.75 Å². The monoisotopic (exact) mass is 487 g/mol. The lowest BCUT2D eigenvalue weighted by atomic mass is 10.0. The smallest absolute Gasteiger partial charge is 0.253 e. The lowest BCUT2D eigenvalue weighted by Crippen LogP contribution is -2.22. The summed E-state index contributed by atoms with van der Waals surface area (Å²) in [6, 6.07) is 1.58.